The first-order chi connectivity index (χ1) is 12.7. The number of thiophene rings is 1. The maximum atomic E-state index is 12.7. The smallest absolute Gasteiger partial charge is 0.258 e. The van der Waals surface area contributed by atoms with E-state index in [2.05, 4.69) is 28.3 Å². The molecule has 0 saturated heterocycles. The quantitative estimate of drug-likeness (QED) is 0.658. The van der Waals surface area contributed by atoms with Crippen LogP contribution in [0, 0.1) is 0 Å². The predicted octanol–water partition coefficient (Wildman–Crippen LogP) is 3.75. The molecule has 0 radical (unpaired) electrons. The van der Waals surface area contributed by atoms with Gasteiger partial charge in [0.1, 0.15) is 5.82 Å². The second kappa shape index (κ2) is 8.76. The standard InChI is InChI=1S/C20H23N3O2S/c1-2-3-11-23(19(24)9-8-15-10-12-26-14-15)13-18-21-17-7-5-4-6-16(17)20(25)22-18/h4-7,10,12,14H,2-3,8-9,11,13H2,1H3,(H,21,22,25). The van der Waals surface area contributed by atoms with Crippen LogP contribution in [0.15, 0.2) is 45.9 Å². The summed E-state index contributed by atoms with van der Waals surface area (Å²) in [7, 11) is 0. The van der Waals surface area contributed by atoms with Crippen molar-refractivity contribution in [2.24, 2.45) is 0 Å². The van der Waals surface area contributed by atoms with E-state index < -0.39 is 0 Å². The summed E-state index contributed by atoms with van der Waals surface area (Å²) in [6, 6.07) is 9.31. The van der Waals surface area contributed by atoms with E-state index in [0.717, 1.165) is 19.3 Å². The van der Waals surface area contributed by atoms with Crippen molar-refractivity contribution < 1.29 is 4.79 Å². The van der Waals surface area contributed by atoms with Crippen LogP contribution in [0.5, 0.6) is 0 Å². The molecule has 26 heavy (non-hydrogen) atoms. The molecule has 0 atom stereocenters. The number of amides is 1. The lowest BCUT2D eigenvalue weighted by Crippen LogP contribution is -2.33. The number of rotatable bonds is 8. The van der Waals surface area contributed by atoms with Crippen LogP contribution in [0.1, 0.15) is 37.6 Å². The molecule has 2 aromatic heterocycles. The zero-order chi connectivity index (χ0) is 18.4. The minimum absolute atomic E-state index is 0.0976. The van der Waals surface area contributed by atoms with Crippen molar-refractivity contribution >= 4 is 28.1 Å². The average Bonchev–Trinajstić information content (AvgIpc) is 3.17. The van der Waals surface area contributed by atoms with Crippen LogP contribution in [-0.2, 0) is 17.8 Å². The van der Waals surface area contributed by atoms with Gasteiger partial charge in [-0.2, -0.15) is 11.3 Å². The fourth-order valence-corrected chi connectivity index (χ4v) is 3.58. The number of para-hydroxylation sites is 1. The molecule has 6 heteroatoms. The number of nitrogens with one attached hydrogen (secondary N) is 1. The summed E-state index contributed by atoms with van der Waals surface area (Å²) >= 11 is 1.64. The second-order valence-corrected chi connectivity index (χ2v) is 7.11. The number of carbonyl (C=O) groups is 1. The van der Waals surface area contributed by atoms with Crippen LogP contribution in [0.2, 0.25) is 0 Å². The van der Waals surface area contributed by atoms with Gasteiger partial charge in [0.25, 0.3) is 5.56 Å². The highest BCUT2D eigenvalue weighted by atomic mass is 32.1. The van der Waals surface area contributed by atoms with Crippen molar-refractivity contribution in [1.29, 1.82) is 0 Å². The maximum absolute atomic E-state index is 12.7. The van der Waals surface area contributed by atoms with Crippen molar-refractivity contribution in [3.05, 3.63) is 62.8 Å². The lowest BCUT2D eigenvalue weighted by Gasteiger charge is -2.22. The normalized spacial score (nSPS) is 11.0. The van der Waals surface area contributed by atoms with E-state index in [1.807, 2.05) is 28.5 Å². The van der Waals surface area contributed by atoms with Gasteiger partial charge in [0.2, 0.25) is 5.91 Å². The molecule has 3 aromatic rings. The number of hydrogen-bond donors (Lipinski definition) is 1. The number of benzene rings is 1. The Bertz CT molecular complexity index is 918. The minimum Gasteiger partial charge on any atom is -0.335 e. The summed E-state index contributed by atoms with van der Waals surface area (Å²) in [4.78, 5) is 34.1. The Morgan fingerprint density at radius 3 is 2.88 bits per heavy atom. The molecule has 0 spiro atoms. The Labute approximate surface area is 156 Å². The molecule has 0 unspecified atom stereocenters. The van der Waals surface area contributed by atoms with Gasteiger partial charge in [0.15, 0.2) is 0 Å². The molecule has 0 fully saturated rings. The fraction of sp³-hybridized carbons (Fsp3) is 0.350. The lowest BCUT2D eigenvalue weighted by molar-refractivity contribution is -0.132. The SMILES string of the molecule is CCCCN(Cc1nc2ccccc2c(=O)[nH]1)C(=O)CCc1ccsc1. The minimum atomic E-state index is -0.160. The largest absolute Gasteiger partial charge is 0.335 e. The first-order valence-corrected chi connectivity index (χ1v) is 9.88. The van der Waals surface area contributed by atoms with Crippen molar-refractivity contribution in [3.8, 4) is 0 Å². The van der Waals surface area contributed by atoms with Crippen LogP contribution < -0.4 is 5.56 Å². The maximum Gasteiger partial charge on any atom is 0.258 e. The number of aryl methyl sites for hydroxylation is 1. The summed E-state index contributed by atoms with van der Waals surface area (Å²) in [6.07, 6.45) is 3.16. The Balaban J connectivity index is 1.75. The number of carbonyl (C=O) groups excluding carboxylic acids is 1. The van der Waals surface area contributed by atoms with E-state index in [4.69, 9.17) is 0 Å². The number of hydrogen-bond acceptors (Lipinski definition) is 4. The third-order valence-electron chi connectivity index (χ3n) is 4.34. The number of aromatic nitrogens is 2. The van der Waals surface area contributed by atoms with Gasteiger partial charge in [0, 0.05) is 13.0 Å². The molecule has 1 N–H and O–H groups in total. The molecule has 1 amide bonds. The zero-order valence-corrected chi connectivity index (χ0v) is 15.7. The number of H-pyrrole nitrogens is 1. The van der Waals surface area contributed by atoms with Crippen LogP contribution in [0.3, 0.4) is 0 Å². The monoisotopic (exact) mass is 369 g/mol. The Hall–Kier alpha value is -2.47. The van der Waals surface area contributed by atoms with E-state index in [9.17, 15) is 9.59 Å². The highest BCUT2D eigenvalue weighted by Gasteiger charge is 2.15. The molecule has 136 valence electrons. The Kier molecular flexibility index (Phi) is 6.17. The molecular formula is C20H23N3O2S. The van der Waals surface area contributed by atoms with Crippen molar-refractivity contribution in [2.75, 3.05) is 6.54 Å². The van der Waals surface area contributed by atoms with E-state index in [1.54, 1.807) is 17.4 Å². The van der Waals surface area contributed by atoms with Gasteiger partial charge in [-0.25, -0.2) is 4.98 Å². The Morgan fingerprint density at radius 2 is 2.12 bits per heavy atom. The zero-order valence-electron chi connectivity index (χ0n) is 14.9. The molecule has 2 heterocycles. The first kappa shape index (κ1) is 18.3. The molecular weight excluding hydrogens is 346 g/mol. The van der Waals surface area contributed by atoms with Gasteiger partial charge in [-0.05, 0) is 47.4 Å². The number of unbranched alkanes of at least 4 members (excludes halogenated alkanes) is 1. The van der Waals surface area contributed by atoms with Crippen LogP contribution in [0.4, 0.5) is 0 Å². The van der Waals surface area contributed by atoms with Crippen LogP contribution in [-0.4, -0.2) is 27.3 Å². The van der Waals surface area contributed by atoms with Gasteiger partial charge in [-0.15, -0.1) is 0 Å². The first-order valence-electron chi connectivity index (χ1n) is 8.94. The molecule has 0 bridgehead atoms. The number of nitrogens with zero attached hydrogens (tertiary/aromatic N) is 2. The van der Waals surface area contributed by atoms with E-state index >= 15 is 0 Å². The number of fused-ring (bicyclic) bond motifs is 1. The van der Waals surface area contributed by atoms with Crippen molar-refractivity contribution in [3.63, 3.8) is 0 Å². The molecule has 5 nitrogen and oxygen atoms in total. The molecule has 0 aliphatic heterocycles. The highest BCUT2D eigenvalue weighted by molar-refractivity contribution is 7.07. The van der Waals surface area contributed by atoms with Crippen molar-refractivity contribution in [2.45, 2.75) is 39.2 Å². The second-order valence-electron chi connectivity index (χ2n) is 6.33. The summed E-state index contributed by atoms with van der Waals surface area (Å²) in [5, 5.41) is 4.67. The van der Waals surface area contributed by atoms with E-state index in [0.29, 0.717) is 36.2 Å². The molecule has 0 saturated carbocycles. The van der Waals surface area contributed by atoms with E-state index in [-0.39, 0.29) is 11.5 Å². The van der Waals surface area contributed by atoms with Gasteiger partial charge in [-0.3, -0.25) is 9.59 Å². The van der Waals surface area contributed by atoms with Gasteiger partial charge < -0.3 is 9.88 Å². The topological polar surface area (TPSA) is 66.1 Å². The summed E-state index contributed by atoms with van der Waals surface area (Å²) < 4.78 is 0. The van der Waals surface area contributed by atoms with Crippen LogP contribution in [0.25, 0.3) is 10.9 Å². The molecule has 3 rings (SSSR count). The molecule has 0 aliphatic carbocycles. The summed E-state index contributed by atoms with van der Waals surface area (Å²) in [5.74, 6) is 0.633. The summed E-state index contributed by atoms with van der Waals surface area (Å²) in [5.41, 5.74) is 1.69. The van der Waals surface area contributed by atoms with E-state index in [1.165, 1.54) is 5.56 Å². The van der Waals surface area contributed by atoms with Crippen LogP contribution >= 0.6 is 11.3 Å². The lowest BCUT2D eigenvalue weighted by atomic mass is 10.1. The predicted molar refractivity (Wildman–Crippen MR) is 105 cm³/mol. The third kappa shape index (κ3) is 4.58. The molecule has 1 aromatic carbocycles. The average molecular weight is 369 g/mol. The highest BCUT2D eigenvalue weighted by Crippen LogP contribution is 2.12. The number of aromatic amines is 1. The third-order valence-corrected chi connectivity index (χ3v) is 5.08. The van der Waals surface area contributed by atoms with Gasteiger partial charge >= 0.3 is 0 Å². The van der Waals surface area contributed by atoms with Gasteiger partial charge in [0.05, 0.1) is 17.4 Å². The van der Waals surface area contributed by atoms with Crippen molar-refractivity contribution in [1.82, 2.24) is 14.9 Å². The fourth-order valence-electron chi connectivity index (χ4n) is 2.88. The molecule has 0 aliphatic rings. The summed E-state index contributed by atoms with van der Waals surface area (Å²) in [6.45, 7) is 3.11. The Morgan fingerprint density at radius 1 is 1.27 bits per heavy atom. The van der Waals surface area contributed by atoms with Gasteiger partial charge in [-0.1, -0.05) is 25.5 Å².